The van der Waals surface area contributed by atoms with Crippen molar-refractivity contribution >= 4 is 17.5 Å². The van der Waals surface area contributed by atoms with Crippen LogP contribution in [0.3, 0.4) is 0 Å². The summed E-state index contributed by atoms with van der Waals surface area (Å²) < 4.78 is 0. The summed E-state index contributed by atoms with van der Waals surface area (Å²) in [6.45, 7) is 1.92. The molecule has 4 nitrogen and oxygen atoms in total. The molecule has 0 spiro atoms. The predicted molar refractivity (Wildman–Crippen MR) is 81.1 cm³/mol. The van der Waals surface area contributed by atoms with E-state index in [1.54, 1.807) is 18.5 Å². The number of nitrogens with one attached hydrogen (secondary N) is 1. The molecule has 2 aromatic rings. The molecule has 5 heteroatoms. The van der Waals surface area contributed by atoms with Crippen LogP contribution in [-0.2, 0) is 11.2 Å². The van der Waals surface area contributed by atoms with Crippen molar-refractivity contribution in [1.29, 1.82) is 0 Å². The van der Waals surface area contributed by atoms with Gasteiger partial charge in [0.2, 0.25) is 5.91 Å². The molecule has 2 heterocycles. The molecule has 1 aliphatic rings. The van der Waals surface area contributed by atoms with E-state index in [1.807, 2.05) is 25.1 Å². The lowest BCUT2D eigenvalue weighted by Crippen LogP contribution is -2.31. The quantitative estimate of drug-likeness (QED) is 0.948. The summed E-state index contributed by atoms with van der Waals surface area (Å²) in [5.74, 6) is -0.146. The molecule has 108 valence electrons. The van der Waals surface area contributed by atoms with Gasteiger partial charge in [-0.25, -0.2) is 0 Å². The number of rotatable bonds is 3. The zero-order chi connectivity index (χ0) is 14.8. The highest BCUT2D eigenvalue weighted by molar-refractivity contribution is 6.30. The minimum absolute atomic E-state index is 0.0108. The molecule has 3 rings (SSSR count). The molecule has 21 heavy (non-hydrogen) atoms. The highest BCUT2D eigenvalue weighted by Gasteiger charge is 2.30. The molecule has 1 N–H and O–H groups in total. The number of pyridine rings is 2. The fraction of sp³-hybridized carbons (Fsp3) is 0.312. The van der Waals surface area contributed by atoms with E-state index in [4.69, 9.17) is 11.6 Å². The van der Waals surface area contributed by atoms with Crippen molar-refractivity contribution in [3.63, 3.8) is 0 Å². The van der Waals surface area contributed by atoms with Crippen LogP contribution in [0.15, 0.2) is 36.7 Å². The highest BCUT2D eigenvalue weighted by Crippen LogP contribution is 2.31. The average Bonchev–Trinajstić information content (AvgIpc) is 2.92. The number of nitrogens with zero attached hydrogens (tertiary/aromatic N) is 2. The van der Waals surface area contributed by atoms with Gasteiger partial charge >= 0.3 is 0 Å². The van der Waals surface area contributed by atoms with Crippen LogP contribution in [-0.4, -0.2) is 15.9 Å². The number of aromatic nitrogens is 2. The topological polar surface area (TPSA) is 54.9 Å². The van der Waals surface area contributed by atoms with Crippen LogP contribution in [0.4, 0.5) is 0 Å². The third kappa shape index (κ3) is 2.90. The van der Waals surface area contributed by atoms with Gasteiger partial charge < -0.3 is 5.32 Å². The summed E-state index contributed by atoms with van der Waals surface area (Å²) in [5, 5.41) is 3.60. The summed E-state index contributed by atoms with van der Waals surface area (Å²) in [6, 6.07) is 7.41. The van der Waals surface area contributed by atoms with Gasteiger partial charge in [0.15, 0.2) is 0 Å². The Morgan fingerprint density at radius 3 is 3.00 bits per heavy atom. The van der Waals surface area contributed by atoms with E-state index in [1.165, 1.54) is 5.56 Å². The van der Waals surface area contributed by atoms with Crippen molar-refractivity contribution in [1.82, 2.24) is 15.3 Å². The fourth-order valence-corrected chi connectivity index (χ4v) is 2.81. The number of fused-ring (bicyclic) bond motifs is 1. The molecule has 1 aliphatic carbocycles. The number of aryl methyl sites for hydroxylation is 1. The lowest BCUT2D eigenvalue weighted by molar-refractivity contribution is -0.123. The van der Waals surface area contributed by atoms with Crippen LogP contribution in [0, 0.1) is 0 Å². The molecule has 1 unspecified atom stereocenters. The van der Waals surface area contributed by atoms with Crippen molar-refractivity contribution in [3.05, 3.63) is 58.6 Å². The van der Waals surface area contributed by atoms with Crippen LogP contribution in [0.1, 0.15) is 42.3 Å². The van der Waals surface area contributed by atoms with Gasteiger partial charge in [-0.1, -0.05) is 17.7 Å². The summed E-state index contributed by atoms with van der Waals surface area (Å²) >= 11 is 5.82. The van der Waals surface area contributed by atoms with Crippen LogP contribution >= 0.6 is 11.6 Å². The Morgan fingerprint density at radius 2 is 2.24 bits per heavy atom. The first-order valence-electron chi connectivity index (χ1n) is 7.01. The van der Waals surface area contributed by atoms with Crippen molar-refractivity contribution < 1.29 is 4.79 Å². The molecule has 1 amide bonds. The van der Waals surface area contributed by atoms with Gasteiger partial charge in [-0.3, -0.25) is 14.8 Å². The van der Waals surface area contributed by atoms with Crippen LogP contribution in [0.5, 0.6) is 0 Å². The maximum Gasteiger partial charge on any atom is 0.229 e. The van der Waals surface area contributed by atoms with E-state index in [2.05, 4.69) is 15.3 Å². The van der Waals surface area contributed by atoms with Gasteiger partial charge in [-0.2, -0.15) is 0 Å². The zero-order valence-electron chi connectivity index (χ0n) is 11.7. The number of hydrogen-bond acceptors (Lipinski definition) is 3. The molecule has 0 saturated carbocycles. The normalized spacial score (nSPS) is 18.1. The monoisotopic (exact) mass is 301 g/mol. The highest BCUT2D eigenvalue weighted by atomic mass is 35.5. The summed E-state index contributed by atoms with van der Waals surface area (Å²) in [4.78, 5) is 21.1. The summed E-state index contributed by atoms with van der Waals surface area (Å²) in [6.07, 6.45) is 5.06. The molecule has 0 aliphatic heterocycles. The molecule has 0 fully saturated rings. The van der Waals surface area contributed by atoms with E-state index in [0.29, 0.717) is 5.02 Å². The van der Waals surface area contributed by atoms with Crippen LogP contribution in [0.25, 0.3) is 0 Å². The van der Waals surface area contributed by atoms with E-state index in [-0.39, 0.29) is 17.9 Å². The number of halogens is 1. The Balaban J connectivity index is 1.71. The first-order chi connectivity index (χ1) is 10.1. The molecule has 2 atom stereocenters. The minimum atomic E-state index is -0.157. The SMILES string of the molecule is C[C@H](NC(=O)C1CCc2cccnc21)c1ccc(Cl)cn1. The van der Waals surface area contributed by atoms with Crippen molar-refractivity contribution in [2.45, 2.75) is 31.7 Å². The third-order valence-corrected chi connectivity index (χ3v) is 4.05. The Labute approximate surface area is 128 Å². The summed E-state index contributed by atoms with van der Waals surface area (Å²) in [7, 11) is 0. The number of carbonyl (C=O) groups is 1. The van der Waals surface area contributed by atoms with Gasteiger partial charge in [0.05, 0.1) is 28.4 Å². The minimum Gasteiger partial charge on any atom is -0.347 e. The van der Waals surface area contributed by atoms with Crippen molar-refractivity contribution in [2.75, 3.05) is 0 Å². The van der Waals surface area contributed by atoms with Crippen molar-refractivity contribution in [3.8, 4) is 0 Å². The van der Waals surface area contributed by atoms with E-state index >= 15 is 0 Å². The predicted octanol–water partition coefficient (Wildman–Crippen LogP) is 3.04. The first kappa shape index (κ1) is 14.0. The Bertz CT molecular complexity index is 657. The first-order valence-corrected chi connectivity index (χ1v) is 7.38. The zero-order valence-corrected chi connectivity index (χ0v) is 12.5. The van der Waals surface area contributed by atoms with E-state index in [9.17, 15) is 4.79 Å². The fourth-order valence-electron chi connectivity index (χ4n) is 2.70. The van der Waals surface area contributed by atoms with Gasteiger partial charge in [-0.15, -0.1) is 0 Å². The molecular formula is C16H16ClN3O. The largest absolute Gasteiger partial charge is 0.347 e. The lowest BCUT2D eigenvalue weighted by atomic mass is 10.1. The third-order valence-electron chi connectivity index (χ3n) is 3.83. The standard InChI is InChI=1S/C16H16ClN3O/c1-10(14-7-5-12(17)9-19-14)20-16(21)13-6-4-11-3-2-8-18-15(11)13/h2-3,5,7-10,13H,4,6H2,1H3,(H,20,21)/t10-,13?/m0/s1. The second kappa shape index (κ2) is 5.82. The molecule has 2 aromatic heterocycles. The lowest BCUT2D eigenvalue weighted by Gasteiger charge is -2.17. The smallest absolute Gasteiger partial charge is 0.229 e. The Kier molecular flexibility index (Phi) is 3.88. The van der Waals surface area contributed by atoms with Crippen molar-refractivity contribution in [2.24, 2.45) is 0 Å². The Hall–Kier alpha value is -1.94. The van der Waals surface area contributed by atoms with Crippen LogP contribution in [0.2, 0.25) is 5.02 Å². The molecule has 0 saturated heterocycles. The number of carbonyl (C=O) groups excluding carboxylic acids is 1. The second-order valence-electron chi connectivity index (χ2n) is 5.27. The number of hydrogen-bond donors (Lipinski definition) is 1. The maximum absolute atomic E-state index is 12.5. The molecule has 0 bridgehead atoms. The number of amides is 1. The van der Waals surface area contributed by atoms with E-state index < -0.39 is 0 Å². The van der Waals surface area contributed by atoms with E-state index in [0.717, 1.165) is 24.2 Å². The Morgan fingerprint density at radius 1 is 1.38 bits per heavy atom. The molecular weight excluding hydrogens is 286 g/mol. The second-order valence-corrected chi connectivity index (χ2v) is 5.71. The maximum atomic E-state index is 12.5. The van der Waals surface area contributed by atoms with Crippen LogP contribution < -0.4 is 5.32 Å². The summed E-state index contributed by atoms with van der Waals surface area (Å²) in [5.41, 5.74) is 2.88. The van der Waals surface area contributed by atoms with Gasteiger partial charge in [-0.05, 0) is 43.5 Å². The van der Waals surface area contributed by atoms with Gasteiger partial charge in [0, 0.05) is 12.4 Å². The average molecular weight is 302 g/mol. The molecule has 0 aromatic carbocycles. The molecule has 0 radical (unpaired) electrons. The van der Waals surface area contributed by atoms with Gasteiger partial charge in [0.25, 0.3) is 0 Å². The van der Waals surface area contributed by atoms with Gasteiger partial charge in [0.1, 0.15) is 0 Å².